The molecule has 0 amide bonds. The van der Waals surface area contributed by atoms with E-state index >= 15 is 0 Å². The molecule has 3 unspecified atom stereocenters. The van der Waals surface area contributed by atoms with Crippen LogP contribution in [0.15, 0.2) is 0 Å². The van der Waals surface area contributed by atoms with Crippen molar-refractivity contribution < 1.29 is 20.1 Å². The van der Waals surface area contributed by atoms with Crippen molar-refractivity contribution in [3.63, 3.8) is 0 Å². The van der Waals surface area contributed by atoms with E-state index < -0.39 is 5.97 Å². The molecule has 4 nitrogen and oxygen atoms in total. The van der Waals surface area contributed by atoms with E-state index in [-0.39, 0.29) is 34.9 Å². The summed E-state index contributed by atoms with van der Waals surface area (Å²) in [6.07, 6.45) is 7.90. The lowest BCUT2D eigenvalue weighted by atomic mass is 9.42. The zero-order chi connectivity index (χ0) is 22.0. The Morgan fingerprint density at radius 2 is 1.60 bits per heavy atom. The van der Waals surface area contributed by atoms with Crippen LogP contribution in [0.25, 0.3) is 0 Å². The van der Waals surface area contributed by atoms with Gasteiger partial charge in [0.1, 0.15) is 0 Å². The number of aliphatic hydroxyl groups is 2. The van der Waals surface area contributed by atoms with Gasteiger partial charge in [0.2, 0.25) is 0 Å². The van der Waals surface area contributed by atoms with Crippen molar-refractivity contribution in [1.82, 2.24) is 0 Å². The van der Waals surface area contributed by atoms with Gasteiger partial charge in [-0.1, -0.05) is 34.6 Å². The zero-order valence-corrected chi connectivity index (χ0v) is 19.7. The van der Waals surface area contributed by atoms with Crippen LogP contribution in [0.5, 0.6) is 0 Å². The SMILES string of the molecule is CC(C[C@@H](C)C1CC[C@H]2[C@@H]3[C@H](O)[C@H](C)C4C[C@H](O)CC[C@]4(C)[C@H]3CC[C@]12C)C(=O)O. The van der Waals surface area contributed by atoms with E-state index in [1.54, 1.807) is 0 Å². The minimum absolute atomic E-state index is 0.198. The second kappa shape index (κ2) is 7.76. The van der Waals surface area contributed by atoms with Gasteiger partial charge in [0.15, 0.2) is 0 Å². The Labute approximate surface area is 182 Å². The third-order valence-electron chi connectivity index (χ3n) is 11.0. The van der Waals surface area contributed by atoms with Crippen LogP contribution < -0.4 is 0 Å². The third kappa shape index (κ3) is 3.27. The highest BCUT2D eigenvalue weighted by atomic mass is 16.4. The molecule has 0 heterocycles. The van der Waals surface area contributed by atoms with Crippen molar-refractivity contribution in [2.45, 2.75) is 98.2 Å². The van der Waals surface area contributed by atoms with Gasteiger partial charge in [0.25, 0.3) is 0 Å². The number of carboxylic acids is 1. The highest BCUT2D eigenvalue weighted by Crippen LogP contribution is 2.69. The van der Waals surface area contributed by atoms with E-state index in [1.807, 2.05) is 6.92 Å². The maximum Gasteiger partial charge on any atom is 0.306 e. The highest BCUT2D eigenvalue weighted by Gasteiger charge is 2.64. The molecule has 0 spiro atoms. The Hall–Kier alpha value is -0.610. The number of aliphatic carboxylic acids is 1. The van der Waals surface area contributed by atoms with E-state index in [2.05, 4.69) is 27.7 Å². The average Bonchev–Trinajstić information content (AvgIpc) is 3.04. The first kappa shape index (κ1) is 22.6. The van der Waals surface area contributed by atoms with Gasteiger partial charge in [-0.05, 0) is 104 Å². The molecule has 0 radical (unpaired) electrons. The van der Waals surface area contributed by atoms with Gasteiger partial charge in [-0.25, -0.2) is 0 Å². The zero-order valence-electron chi connectivity index (χ0n) is 19.7. The van der Waals surface area contributed by atoms with Gasteiger partial charge in [-0.2, -0.15) is 0 Å². The maximum atomic E-state index is 11.6. The summed E-state index contributed by atoms with van der Waals surface area (Å²) >= 11 is 0. The van der Waals surface area contributed by atoms with Crippen LogP contribution in [0.1, 0.15) is 86.0 Å². The highest BCUT2D eigenvalue weighted by molar-refractivity contribution is 5.69. The summed E-state index contributed by atoms with van der Waals surface area (Å²) in [6.45, 7) is 11.3. The first-order valence-corrected chi connectivity index (χ1v) is 12.6. The summed E-state index contributed by atoms with van der Waals surface area (Å²) in [6, 6.07) is 0. The number of carboxylic acid groups (broad SMARTS) is 1. The topological polar surface area (TPSA) is 77.8 Å². The van der Waals surface area contributed by atoms with Gasteiger partial charge in [-0.3, -0.25) is 4.79 Å². The van der Waals surface area contributed by atoms with Crippen LogP contribution in [0, 0.1) is 58.2 Å². The van der Waals surface area contributed by atoms with Gasteiger partial charge >= 0.3 is 5.97 Å². The van der Waals surface area contributed by atoms with Crippen molar-refractivity contribution in [2.24, 2.45) is 58.2 Å². The third-order valence-corrected chi connectivity index (χ3v) is 11.0. The van der Waals surface area contributed by atoms with Gasteiger partial charge in [-0.15, -0.1) is 0 Å². The first-order valence-electron chi connectivity index (χ1n) is 12.6. The minimum atomic E-state index is -0.680. The molecular formula is C26H44O4. The van der Waals surface area contributed by atoms with Crippen LogP contribution >= 0.6 is 0 Å². The molecule has 3 N–H and O–H groups in total. The second-order valence-corrected chi connectivity index (χ2v) is 12.4. The Morgan fingerprint density at radius 3 is 2.27 bits per heavy atom. The van der Waals surface area contributed by atoms with Crippen LogP contribution in [-0.2, 0) is 4.79 Å². The molecule has 4 fully saturated rings. The predicted octanol–water partition coefficient (Wildman–Crippen LogP) is 4.97. The summed E-state index contributed by atoms with van der Waals surface area (Å²) in [5.41, 5.74) is 0.461. The molecule has 0 saturated heterocycles. The number of hydrogen-bond donors (Lipinski definition) is 3. The fraction of sp³-hybridized carbons (Fsp3) is 0.962. The monoisotopic (exact) mass is 420 g/mol. The molecule has 4 aliphatic rings. The molecule has 12 atom stereocenters. The van der Waals surface area contributed by atoms with Gasteiger partial charge in [0.05, 0.1) is 18.1 Å². The van der Waals surface area contributed by atoms with E-state index in [1.165, 1.54) is 25.7 Å². The molecular weight excluding hydrogens is 376 g/mol. The van der Waals surface area contributed by atoms with Crippen molar-refractivity contribution >= 4 is 5.97 Å². The molecule has 0 aromatic heterocycles. The molecule has 30 heavy (non-hydrogen) atoms. The van der Waals surface area contributed by atoms with E-state index in [0.29, 0.717) is 35.5 Å². The molecule has 4 heteroatoms. The number of rotatable bonds is 4. The molecule has 0 aliphatic heterocycles. The molecule has 4 saturated carbocycles. The molecule has 172 valence electrons. The van der Waals surface area contributed by atoms with E-state index in [4.69, 9.17) is 0 Å². The molecule has 0 bridgehead atoms. The number of hydrogen-bond acceptors (Lipinski definition) is 3. The van der Waals surface area contributed by atoms with Crippen LogP contribution in [0.4, 0.5) is 0 Å². The van der Waals surface area contributed by atoms with Crippen LogP contribution in [0.3, 0.4) is 0 Å². The van der Waals surface area contributed by atoms with Crippen molar-refractivity contribution in [3.8, 4) is 0 Å². The molecule has 0 aromatic carbocycles. The molecule has 4 aliphatic carbocycles. The normalized spacial score (nSPS) is 52.6. The summed E-state index contributed by atoms with van der Waals surface area (Å²) in [5, 5.41) is 31.3. The fourth-order valence-electron chi connectivity index (χ4n) is 9.45. The largest absolute Gasteiger partial charge is 0.481 e. The second-order valence-electron chi connectivity index (χ2n) is 12.4. The maximum absolute atomic E-state index is 11.6. The van der Waals surface area contributed by atoms with Crippen molar-refractivity contribution in [1.29, 1.82) is 0 Å². The van der Waals surface area contributed by atoms with Crippen molar-refractivity contribution in [3.05, 3.63) is 0 Å². The Bertz CT molecular complexity index is 663. The quantitative estimate of drug-likeness (QED) is 0.600. The van der Waals surface area contributed by atoms with Gasteiger partial charge < -0.3 is 15.3 Å². The summed E-state index contributed by atoms with van der Waals surface area (Å²) in [4.78, 5) is 11.4. The average molecular weight is 421 g/mol. The lowest BCUT2D eigenvalue weighted by molar-refractivity contribution is -0.199. The number of fused-ring (bicyclic) bond motifs is 5. The predicted molar refractivity (Wildman–Crippen MR) is 118 cm³/mol. The lowest BCUT2D eigenvalue weighted by Gasteiger charge is -2.64. The fourth-order valence-corrected chi connectivity index (χ4v) is 9.45. The number of aliphatic hydroxyl groups excluding tert-OH is 2. The minimum Gasteiger partial charge on any atom is -0.481 e. The summed E-state index contributed by atoms with van der Waals surface area (Å²) < 4.78 is 0. The molecule has 0 aromatic rings. The first-order chi connectivity index (χ1) is 14.0. The standard InChI is InChI=1S/C26H44O4/c1-14(12-15(2)24(29)30)18-6-7-19-22-20(9-11-25(18,19)4)26(5)10-8-17(27)13-21(26)16(3)23(22)28/h14-23,27-28H,6-13H2,1-5H3,(H,29,30)/t14-,15?,16-,17-,18?,19+,20+,21?,22+,23-,25-,26-/m1/s1. The summed E-state index contributed by atoms with van der Waals surface area (Å²) in [5.74, 6) is 2.15. The Morgan fingerprint density at radius 1 is 0.967 bits per heavy atom. The smallest absolute Gasteiger partial charge is 0.306 e. The van der Waals surface area contributed by atoms with Gasteiger partial charge in [0, 0.05) is 0 Å². The number of carbonyl (C=O) groups is 1. The van der Waals surface area contributed by atoms with Crippen LogP contribution in [-0.4, -0.2) is 33.5 Å². The Kier molecular flexibility index (Phi) is 5.84. The van der Waals surface area contributed by atoms with Crippen molar-refractivity contribution in [2.75, 3.05) is 0 Å². The molecule has 4 rings (SSSR count). The van der Waals surface area contributed by atoms with E-state index in [9.17, 15) is 20.1 Å². The van der Waals surface area contributed by atoms with Crippen LogP contribution in [0.2, 0.25) is 0 Å². The van der Waals surface area contributed by atoms with E-state index in [0.717, 1.165) is 25.7 Å². The Balaban J connectivity index is 1.59. The lowest BCUT2D eigenvalue weighted by Crippen LogP contribution is -2.61. The summed E-state index contributed by atoms with van der Waals surface area (Å²) in [7, 11) is 0.